The molecule has 0 saturated carbocycles. The van der Waals surface area contributed by atoms with Crippen molar-refractivity contribution in [1.82, 2.24) is 0 Å². The number of benzene rings is 1. The molecule has 0 heterocycles. The summed E-state index contributed by atoms with van der Waals surface area (Å²) in [5.41, 5.74) is -0.892. The van der Waals surface area contributed by atoms with Gasteiger partial charge in [-0.1, -0.05) is 20.8 Å². The summed E-state index contributed by atoms with van der Waals surface area (Å²) in [6, 6.07) is 3.75. The van der Waals surface area contributed by atoms with Gasteiger partial charge in [0, 0.05) is 5.56 Å². The molecule has 0 saturated heterocycles. The Hall–Kier alpha value is -1.43. The molecular formula is C14H20F2O3Si. The lowest BCUT2D eigenvalue weighted by Gasteiger charge is -2.36. The van der Waals surface area contributed by atoms with E-state index in [0.29, 0.717) is 5.75 Å². The van der Waals surface area contributed by atoms with Crippen LogP contribution >= 0.6 is 0 Å². The zero-order valence-electron chi connectivity index (χ0n) is 12.3. The van der Waals surface area contributed by atoms with Crippen molar-refractivity contribution in [2.24, 2.45) is 0 Å². The Bertz CT molecular complexity index is 508. The highest BCUT2D eigenvalue weighted by molar-refractivity contribution is 6.74. The molecule has 6 heteroatoms. The molecule has 0 atom stereocenters. The molecule has 1 rings (SSSR count). The van der Waals surface area contributed by atoms with Gasteiger partial charge in [0.25, 0.3) is 6.43 Å². The van der Waals surface area contributed by atoms with Crippen LogP contribution in [0, 0.1) is 0 Å². The molecule has 0 aliphatic carbocycles. The summed E-state index contributed by atoms with van der Waals surface area (Å²) in [6.45, 7) is 10.1. The van der Waals surface area contributed by atoms with Crippen LogP contribution in [0.1, 0.15) is 43.1 Å². The molecule has 0 aliphatic rings. The summed E-state index contributed by atoms with van der Waals surface area (Å²) in [7, 11) is -2.14. The predicted octanol–water partition coefficient (Wildman–Crippen LogP) is 4.71. The van der Waals surface area contributed by atoms with Crippen LogP contribution in [0.5, 0.6) is 5.75 Å². The quantitative estimate of drug-likeness (QED) is 0.820. The van der Waals surface area contributed by atoms with Crippen molar-refractivity contribution >= 4 is 14.3 Å². The molecule has 20 heavy (non-hydrogen) atoms. The van der Waals surface area contributed by atoms with Gasteiger partial charge in [-0.2, -0.15) is 0 Å². The van der Waals surface area contributed by atoms with E-state index >= 15 is 0 Å². The average molecular weight is 302 g/mol. The van der Waals surface area contributed by atoms with Crippen LogP contribution in [0.25, 0.3) is 0 Å². The van der Waals surface area contributed by atoms with E-state index in [9.17, 15) is 13.6 Å². The maximum Gasteiger partial charge on any atom is 0.336 e. The Labute approximate surface area is 118 Å². The van der Waals surface area contributed by atoms with Crippen molar-refractivity contribution in [2.75, 3.05) is 0 Å². The van der Waals surface area contributed by atoms with Gasteiger partial charge in [0.1, 0.15) is 5.75 Å². The molecule has 1 aromatic carbocycles. The second-order valence-corrected chi connectivity index (χ2v) is 10.9. The molecule has 0 amide bonds. The minimum atomic E-state index is -2.84. The number of aromatic carboxylic acids is 1. The van der Waals surface area contributed by atoms with Gasteiger partial charge in [-0.15, -0.1) is 0 Å². The second kappa shape index (κ2) is 5.52. The third-order valence-electron chi connectivity index (χ3n) is 3.67. The van der Waals surface area contributed by atoms with Crippen LogP contribution in [0.3, 0.4) is 0 Å². The van der Waals surface area contributed by atoms with Crippen molar-refractivity contribution in [3.8, 4) is 5.75 Å². The Kier molecular flexibility index (Phi) is 4.58. The molecule has 3 nitrogen and oxygen atoms in total. The van der Waals surface area contributed by atoms with E-state index in [-0.39, 0.29) is 10.6 Å². The summed E-state index contributed by atoms with van der Waals surface area (Å²) in [6.07, 6.45) is -2.84. The van der Waals surface area contributed by atoms with Crippen LogP contribution in [0.2, 0.25) is 18.1 Å². The third-order valence-corrected chi connectivity index (χ3v) is 8.03. The fraction of sp³-hybridized carbons (Fsp3) is 0.500. The monoisotopic (exact) mass is 302 g/mol. The van der Waals surface area contributed by atoms with Gasteiger partial charge >= 0.3 is 5.97 Å². The maximum atomic E-state index is 12.9. The fourth-order valence-electron chi connectivity index (χ4n) is 1.43. The largest absolute Gasteiger partial charge is 0.543 e. The number of halogens is 2. The fourth-order valence-corrected chi connectivity index (χ4v) is 2.45. The summed E-state index contributed by atoms with van der Waals surface area (Å²) in [5.74, 6) is -1.06. The molecule has 112 valence electrons. The van der Waals surface area contributed by atoms with Crippen molar-refractivity contribution in [1.29, 1.82) is 0 Å². The van der Waals surface area contributed by atoms with Crippen LogP contribution in [0.4, 0.5) is 8.78 Å². The average Bonchev–Trinajstić information content (AvgIpc) is 2.26. The SMILES string of the molecule is CC(C)(C)[Si](C)(C)Oc1ccc(C(=O)O)c(C(F)F)c1. The van der Waals surface area contributed by atoms with Crippen LogP contribution < -0.4 is 4.43 Å². The number of carbonyl (C=O) groups is 1. The van der Waals surface area contributed by atoms with Gasteiger partial charge in [-0.3, -0.25) is 0 Å². The molecule has 0 unspecified atom stereocenters. The van der Waals surface area contributed by atoms with Gasteiger partial charge in [0.2, 0.25) is 8.32 Å². The van der Waals surface area contributed by atoms with E-state index in [0.717, 1.165) is 6.07 Å². The predicted molar refractivity (Wildman–Crippen MR) is 76.2 cm³/mol. The summed E-state index contributed by atoms with van der Waals surface area (Å²) >= 11 is 0. The first-order valence-electron chi connectivity index (χ1n) is 6.30. The number of alkyl halides is 2. The first-order chi connectivity index (χ1) is 8.95. The number of carboxylic acid groups (broad SMARTS) is 1. The molecule has 0 spiro atoms. The number of rotatable bonds is 4. The lowest BCUT2D eigenvalue weighted by molar-refractivity contribution is 0.0684. The molecule has 0 fully saturated rings. The Morgan fingerprint density at radius 1 is 1.30 bits per heavy atom. The van der Waals surface area contributed by atoms with Crippen LogP contribution in [-0.2, 0) is 0 Å². The van der Waals surface area contributed by atoms with E-state index in [1.807, 2.05) is 33.9 Å². The normalized spacial score (nSPS) is 12.6. The van der Waals surface area contributed by atoms with Crippen molar-refractivity contribution in [2.45, 2.75) is 45.3 Å². The Morgan fingerprint density at radius 3 is 2.25 bits per heavy atom. The minimum Gasteiger partial charge on any atom is -0.543 e. The van der Waals surface area contributed by atoms with E-state index in [4.69, 9.17) is 9.53 Å². The summed E-state index contributed by atoms with van der Waals surface area (Å²) in [5, 5.41) is 8.84. The molecule has 1 aromatic rings. The van der Waals surface area contributed by atoms with Crippen molar-refractivity contribution in [3.63, 3.8) is 0 Å². The van der Waals surface area contributed by atoms with Gasteiger partial charge < -0.3 is 9.53 Å². The molecule has 0 aliphatic heterocycles. The smallest absolute Gasteiger partial charge is 0.336 e. The maximum absolute atomic E-state index is 12.9. The summed E-state index contributed by atoms with van der Waals surface area (Å²) in [4.78, 5) is 10.9. The van der Waals surface area contributed by atoms with E-state index in [1.54, 1.807) is 0 Å². The standard InChI is InChI=1S/C14H20F2O3Si/c1-14(2,3)20(4,5)19-9-6-7-10(13(17)18)11(8-9)12(15)16/h6-8,12H,1-5H3,(H,17,18). The first kappa shape index (κ1) is 16.6. The number of hydrogen-bond donors (Lipinski definition) is 1. The van der Waals surface area contributed by atoms with Crippen LogP contribution in [-0.4, -0.2) is 19.4 Å². The molecule has 0 aromatic heterocycles. The lowest BCUT2D eigenvalue weighted by atomic mass is 10.1. The van der Waals surface area contributed by atoms with E-state index in [1.165, 1.54) is 12.1 Å². The first-order valence-corrected chi connectivity index (χ1v) is 9.21. The van der Waals surface area contributed by atoms with Gasteiger partial charge in [-0.05, 0) is 36.3 Å². The lowest BCUT2D eigenvalue weighted by Crippen LogP contribution is -2.43. The van der Waals surface area contributed by atoms with Crippen molar-refractivity contribution in [3.05, 3.63) is 29.3 Å². The second-order valence-electron chi connectivity index (χ2n) is 6.22. The Balaban J connectivity index is 3.17. The van der Waals surface area contributed by atoms with E-state index < -0.39 is 26.3 Å². The highest BCUT2D eigenvalue weighted by Gasteiger charge is 2.39. The van der Waals surface area contributed by atoms with Gasteiger partial charge in [-0.25, -0.2) is 13.6 Å². The van der Waals surface area contributed by atoms with Crippen LogP contribution in [0.15, 0.2) is 18.2 Å². The van der Waals surface area contributed by atoms with Gasteiger partial charge in [0.05, 0.1) is 5.56 Å². The minimum absolute atomic E-state index is 0.0660. The zero-order chi connectivity index (χ0) is 15.7. The molecule has 1 N–H and O–H groups in total. The molecule has 0 radical (unpaired) electrons. The highest BCUT2D eigenvalue weighted by Crippen LogP contribution is 2.38. The summed E-state index contributed by atoms with van der Waals surface area (Å²) < 4.78 is 31.8. The Morgan fingerprint density at radius 2 is 1.85 bits per heavy atom. The number of carboxylic acids is 1. The number of hydrogen-bond acceptors (Lipinski definition) is 2. The third kappa shape index (κ3) is 3.56. The topological polar surface area (TPSA) is 46.5 Å². The molecule has 0 bridgehead atoms. The molecular weight excluding hydrogens is 282 g/mol. The zero-order valence-corrected chi connectivity index (χ0v) is 13.3. The van der Waals surface area contributed by atoms with E-state index in [2.05, 4.69) is 0 Å². The van der Waals surface area contributed by atoms with Gasteiger partial charge in [0.15, 0.2) is 0 Å². The van der Waals surface area contributed by atoms with Crippen molar-refractivity contribution < 1.29 is 23.1 Å². The highest BCUT2D eigenvalue weighted by atomic mass is 28.4.